The van der Waals surface area contributed by atoms with Gasteiger partial charge in [0.2, 0.25) is 0 Å². The SMILES string of the molecule is O=C(NC1(CO)CC1)c1cc(F)c(F)cc1[N+](=O)[O-]. The van der Waals surface area contributed by atoms with Crippen LogP contribution in [0.4, 0.5) is 14.5 Å². The fourth-order valence-corrected chi connectivity index (χ4v) is 1.65. The molecule has 1 aliphatic carbocycles. The quantitative estimate of drug-likeness (QED) is 0.634. The molecule has 1 aromatic carbocycles. The molecule has 1 aromatic rings. The van der Waals surface area contributed by atoms with E-state index in [1.807, 2.05) is 0 Å². The van der Waals surface area contributed by atoms with Crippen LogP contribution >= 0.6 is 0 Å². The Morgan fingerprint density at radius 1 is 1.42 bits per heavy atom. The van der Waals surface area contributed by atoms with Gasteiger partial charge in [-0.15, -0.1) is 0 Å². The predicted molar refractivity (Wildman–Crippen MR) is 59.5 cm³/mol. The van der Waals surface area contributed by atoms with Gasteiger partial charge < -0.3 is 10.4 Å². The molecular weight excluding hydrogens is 262 g/mol. The number of carbonyl (C=O) groups excluding carboxylic acids is 1. The van der Waals surface area contributed by atoms with Gasteiger partial charge in [-0.3, -0.25) is 14.9 Å². The number of hydrogen-bond acceptors (Lipinski definition) is 4. The topological polar surface area (TPSA) is 92.5 Å². The molecular formula is C11H10F2N2O4. The van der Waals surface area contributed by atoms with Gasteiger partial charge in [0, 0.05) is 0 Å². The first-order chi connectivity index (χ1) is 8.88. The molecule has 0 aromatic heterocycles. The molecule has 2 rings (SSSR count). The second-order valence-corrected chi connectivity index (χ2v) is 4.43. The predicted octanol–water partition coefficient (Wildman–Crippen LogP) is 1.13. The summed E-state index contributed by atoms with van der Waals surface area (Å²) in [6, 6.07) is 0.846. The van der Waals surface area contributed by atoms with Crippen LogP contribution in [0.15, 0.2) is 12.1 Å². The number of amides is 1. The number of nitro benzene ring substituents is 1. The third kappa shape index (κ3) is 2.53. The molecule has 0 atom stereocenters. The summed E-state index contributed by atoms with van der Waals surface area (Å²) >= 11 is 0. The van der Waals surface area contributed by atoms with Gasteiger partial charge in [-0.05, 0) is 18.9 Å². The fourth-order valence-electron chi connectivity index (χ4n) is 1.65. The maximum Gasteiger partial charge on any atom is 0.285 e. The van der Waals surface area contributed by atoms with Crippen molar-refractivity contribution < 1.29 is 23.6 Å². The van der Waals surface area contributed by atoms with Gasteiger partial charge in [0.25, 0.3) is 11.6 Å². The van der Waals surface area contributed by atoms with E-state index in [-0.39, 0.29) is 6.61 Å². The van der Waals surface area contributed by atoms with Crippen molar-refractivity contribution in [2.75, 3.05) is 6.61 Å². The monoisotopic (exact) mass is 272 g/mol. The van der Waals surface area contributed by atoms with E-state index in [0.29, 0.717) is 25.0 Å². The summed E-state index contributed by atoms with van der Waals surface area (Å²) in [5, 5.41) is 22.2. The summed E-state index contributed by atoms with van der Waals surface area (Å²) in [5.74, 6) is -3.65. The van der Waals surface area contributed by atoms with E-state index in [0.717, 1.165) is 0 Å². The van der Waals surface area contributed by atoms with Crippen molar-refractivity contribution in [2.45, 2.75) is 18.4 Å². The second kappa shape index (κ2) is 4.54. The summed E-state index contributed by atoms with van der Waals surface area (Å²) in [7, 11) is 0. The van der Waals surface area contributed by atoms with E-state index in [4.69, 9.17) is 5.11 Å². The fraction of sp³-hybridized carbons (Fsp3) is 0.364. The number of halogens is 2. The van der Waals surface area contributed by atoms with Crippen molar-refractivity contribution in [1.29, 1.82) is 0 Å². The number of nitrogens with zero attached hydrogens (tertiary/aromatic N) is 1. The minimum Gasteiger partial charge on any atom is -0.394 e. The van der Waals surface area contributed by atoms with Crippen LogP contribution in [0, 0.1) is 21.7 Å². The number of nitro groups is 1. The zero-order chi connectivity index (χ0) is 14.2. The largest absolute Gasteiger partial charge is 0.394 e. The molecule has 0 unspecified atom stereocenters. The minimum absolute atomic E-state index is 0.309. The van der Waals surface area contributed by atoms with Crippen molar-refractivity contribution in [2.24, 2.45) is 0 Å². The Labute approximate surface area is 106 Å². The average Bonchev–Trinajstić information content (AvgIpc) is 3.12. The van der Waals surface area contributed by atoms with Gasteiger partial charge in [-0.1, -0.05) is 0 Å². The molecule has 0 bridgehead atoms. The molecule has 1 aliphatic rings. The molecule has 1 fully saturated rings. The van der Waals surface area contributed by atoms with Crippen LogP contribution in [0.5, 0.6) is 0 Å². The van der Waals surface area contributed by atoms with Crippen molar-refractivity contribution in [3.8, 4) is 0 Å². The molecule has 2 N–H and O–H groups in total. The highest BCUT2D eigenvalue weighted by Gasteiger charge is 2.44. The van der Waals surface area contributed by atoms with Crippen LogP contribution in [0.2, 0.25) is 0 Å². The van der Waals surface area contributed by atoms with Crippen LogP contribution < -0.4 is 5.32 Å². The standard InChI is InChI=1S/C11H10F2N2O4/c12-7-3-6(9(15(18)19)4-8(7)13)10(17)14-11(5-16)1-2-11/h3-4,16H,1-2,5H2,(H,14,17). The first-order valence-corrected chi connectivity index (χ1v) is 5.45. The molecule has 0 radical (unpaired) electrons. The van der Waals surface area contributed by atoms with E-state index in [1.165, 1.54) is 0 Å². The molecule has 102 valence electrons. The van der Waals surface area contributed by atoms with E-state index in [9.17, 15) is 23.7 Å². The molecule has 1 amide bonds. The van der Waals surface area contributed by atoms with Gasteiger partial charge in [-0.2, -0.15) is 0 Å². The summed E-state index contributed by atoms with van der Waals surface area (Å²) in [6.45, 7) is -0.309. The molecule has 8 heteroatoms. The molecule has 0 spiro atoms. The Morgan fingerprint density at radius 3 is 2.47 bits per heavy atom. The molecule has 0 saturated heterocycles. The Morgan fingerprint density at radius 2 is 2.00 bits per heavy atom. The number of aliphatic hydroxyl groups excluding tert-OH is 1. The Bertz CT molecular complexity index is 558. The van der Waals surface area contributed by atoms with Crippen molar-refractivity contribution in [3.05, 3.63) is 39.4 Å². The zero-order valence-corrected chi connectivity index (χ0v) is 9.65. The molecule has 6 nitrogen and oxygen atoms in total. The smallest absolute Gasteiger partial charge is 0.285 e. The molecule has 19 heavy (non-hydrogen) atoms. The normalized spacial score (nSPS) is 15.9. The lowest BCUT2D eigenvalue weighted by Crippen LogP contribution is -2.39. The van der Waals surface area contributed by atoms with E-state index < -0.39 is 39.3 Å². The number of benzene rings is 1. The number of carbonyl (C=O) groups is 1. The highest BCUT2D eigenvalue weighted by atomic mass is 19.2. The third-order valence-corrected chi connectivity index (χ3v) is 3.01. The van der Waals surface area contributed by atoms with E-state index in [2.05, 4.69) is 5.32 Å². The average molecular weight is 272 g/mol. The first-order valence-electron chi connectivity index (χ1n) is 5.45. The second-order valence-electron chi connectivity index (χ2n) is 4.43. The van der Waals surface area contributed by atoms with Gasteiger partial charge in [-0.25, -0.2) is 8.78 Å². The number of nitrogens with one attached hydrogen (secondary N) is 1. The summed E-state index contributed by atoms with van der Waals surface area (Å²) < 4.78 is 26.0. The molecule has 0 aliphatic heterocycles. The lowest BCUT2D eigenvalue weighted by molar-refractivity contribution is -0.385. The van der Waals surface area contributed by atoms with Gasteiger partial charge in [0.15, 0.2) is 11.6 Å². The number of rotatable bonds is 4. The van der Waals surface area contributed by atoms with E-state index >= 15 is 0 Å². The van der Waals surface area contributed by atoms with Crippen molar-refractivity contribution in [3.63, 3.8) is 0 Å². The van der Waals surface area contributed by atoms with Crippen LogP contribution in [0.1, 0.15) is 23.2 Å². The summed E-state index contributed by atoms with van der Waals surface area (Å²) in [4.78, 5) is 21.6. The lowest BCUT2D eigenvalue weighted by atomic mass is 10.1. The maximum atomic E-state index is 13.1. The van der Waals surface area contributed by atoms with Gasteiger partial charge >= 0.3 is 0 Å². The van der Waals surface area contributed by atoms with Crippen molar-refractivity contribution in [1.82, 2.24) is 5.32 Å². The molecule has 1 saturated carbocycles. The first kappa shape index (κ1) is 13.3. The highest BCUT2D eigenvalue weighted by Crippen LogP contribution is 2.35. The van der Waals surface area contributed by atoms with Crippen LogP contribution in [0.25, 0.3) is 0 Å². The van der Waals surface area contributed by atoms with Gasteiger partial charge in [0.1, 0.15) is 5.56 Å². The number of hydrogen-bond donors (Lipinski definition) is 2. The maximum absolute atomic E-state index is 13.1. The Balaban J connectivity index is 2.35. The van der Waals surface area contributed by atoms with Crippen LogP contribution in [0.3, 0.4) is 0 Å². The number of aliphatic hydroxyl groups is 1. The Kier molecular flexibility index (Phi) is 3.19. The lowest BCUT2D eigenvalue weighted by Gasteiger charge is -2.14. The Hall–Kier alpha value is -2.09. The van der Waals surface area contributed by atoms with Crippen molar-refractivity contribution >= 4 is 11.6 Å². The highest BCUT2D eigenvalue weighted by molar-refractivity contribution is 5.98. The third-order valence-electron chi connectivity index (χ3n) is 3.01. The molecule has 0 heterocycles. The van der Waals surface area contributed by atoms with E-state index in [1.54, 1.807) is 0 Å². The van der Waals surface area contributed by atoms with Crippen LogP contribution in [-0.4, -0.2) is 28.1 Å². The summed E-state index contributed by atoms with van der Waals surface area (Å²) in [6.07, 6.45) is 1.07. The van der Waals surface area contributed by atoms with Crippen LogP contribution in [-0.2, 0) is 0 Å². The van der Waals surface area contributed by atoms with Gasteiger partial charge in [0.05, 0.1) is 23.1 Å². The minimum atomic E-state index is -1.40. The summed E-state index contributed by atoms with van der Waals surface area (Å²) in [5.41, 5.74) is -2.18. The zero-order valence-electron chi connectivity index (χ0n) is 9.65.